The Kier molecular flexibility index (Phi) is 5.03. The molecule has 0 spiro atoms. The summed E-state index contributed by atoms with van der Waals surface area (Å²) in [5.74, 6) is 0.812. The third kappa shape index (κ3) is 3.78. The van der Waals surface area contributed by atoms with Gasteiger partial charge in [-0.25, -0.2) is 5.01 Å². The van der Waals surface area contributed by atoms with E-state index in [1.165, 1.54) is 0 Å². The van der Waals surface area contributed by atoms with E-state index in [1.807, 2.05) is 66.0 Å². The van der Waals surface area contributed by atoms with Gasteiger partial charge in [-0.2, -0.15) is 5.10 Å². The van der Waals surface area contributed by atoms with E-state index in [0.717, 1.165) is 27.5 Å². The summed E-state index contributed by atoms with van der Waals surface area (Å²) in [5.41, 5.74) is 3.02. The van der Waals surface area contributed by atoms with Gasteiger partial charge in [0.15, 0.2) is 0 Å². The summed E-state index contributed by atoms with van der Waals surface area (Å²) in [7, 11) is 1.65. The Hall–Kier alpha value is -2.92. The van der Waals surface area contributed by atoms with Gasteiger partial charge in [0.25, 0.3) is 0 Å². The maximum atomic E-state index is 13.0. The lowest BCUT2D eigenvalue weighted by atomic mass is 10.0. The maximum Gasteiger partial charge on any atom is 0.247 e. The highest BCUT2D eigenvalue weighted by Crippen LogP contribution is 2.34. The highest BCUT2D eigenvalue weighted by molar-refractivity contribution is 7.12. The van der Waals surface area contributed by atoms with Crippen molar-refractivity contribution in [2.24, 2.45) is 5.10 Å². The second-order valence-corrected chi connectivity index (χ2v) is 7.37. The normalized spacial score (nSPS) is 16.3. The molecule has 1 aliphatic heterocycles. The third-order valence-electron chi connectivity index (χ3n) is 4.67. The molecular weight excluding hydrogens is 356 g/mol. The molecule has 1 amide bonds. The molecule has 1 unspecified atom stereocenters. The van der Waals surface area contributed by atoms with E-state index in [1.54, 1.807) is 23.5 Å². The molecule has 0 fully saturated rings. The monoisotopic (exact) mass is 376 g/mol. The lowest BCUT2D eigenvalue weighted by molar-refractivity contribution is -0.132. The first kappa shape index (κ1) is 17.5. The second-order valence-electron chi connectivity index (χ2n) is 6.42. The van der Waals surface area contributed by atoms with Crippen molar-refractivity contribution in [1.29, 1.82) is 0 Å². The summed E-state index contributed by atoms with van der Waals surface area (Å²) in [6, 6.07) is 21.7. The Bertz CT molecular complexity index is 934. The Balaban J connectivity index is 1.63. The molecule has 2 heterocycles. The molecular formula is C22H20N2O2S. The number of benzene rings is 2. The zero-order valence-corrected chi connectivity index (χ0v) is 15.9. The molecule has 0 aliphatic carbocycles. The molecule has 0 saturated carbocycles. The second kappa shape index (κ2) is 7.76. The van der Waals surface area contributed by atoms with E-state index in [0.29, 0.717) is 12.8 Å². The van der Waals surface area contributed by atoms with E-state index in [2.05, 4.69) is 6.07 Å². The fraction of sp³-hybridized carbons (Fsp3) is 0.182. The van der Waals surface area contributed by atoms with Crippen molar-refractivity contribution in [1.82, 2.24) is 5.01 Å². The van der Waals surface area contributed by atoms with Crippen molar-refractivity contribution >= 4 is 23.0 Å². The number of hydrogen-bond donors (Lipinski definition) is 0. The molecule has 1 atom stereocenters. The number of carbonyl (C=O) groups is 1. The molecule has 4 rings (SSSR count). The molecule has 0 radical (unpaired) electrons. The Labute approximate surface area is 162 Å². The number of thiophene rings is 1. The Morgan fingerprint density at radius 3 is 2.56 bits per heavy atom. The van der Waals surface area contributed by atoms with Crippen LogP contribution in [0.5, 0.6) is 5.75 Å². The molecule has 3 aromatic rings. The van der Waals surface area contributed by atoms with Crippen LogP contribution < -0.4 is 4.74 Å². The first-order valence-corrected chi connectivity index (χ1v) is 9.74. The van der Waals surface area contributed by atoms with Crippen LogP contribution in [0.15, 0.2) is 77.2 Å². The standard InChI is InChI=1S/C22H20N2O2S/c1-26-18-11-9-17(10-12-18)20-15-19(21-8-5-13-27-21)23-24(20)22(25)14-16-6-3-2-4-7-16/h2-13,20H,14-15H2,1H3. The first-order valence-electron chi connectivity index (χ1n) is 8.86. The van der Waals surface area contributed by atoms with Crippen LogP contribution in [0.1, 0.15) is 28.5 Å². The third-order valence-corrected chi connectivity index (χ3v) is 5.59. The van der Waals surface area contributed by atoms with Gasteiger partial charge in [-0.05, 0) is 34.7 Å². The minimum absolute atomic E-state index is 0.00794. The number of hydrogen-bond acceptors (Lipinski definition) is 4. The van der Waals surface area contributed by atoms with Gasteiger partial charge in [-0.15, -0.1) is 11.3 Å². The number of amides is 1. The van der Waals surface area contributed by atoms with Crippen LogP contribution in [0.3, 0.4) is 0 Å². The van der Waals surface area contributed by atoms with Crippen molar-refractivity contribution in [3.63, 3.8) is 0 Å². The van der Waals surface area contributed by atoms with Crippen molar-refractivity contribution in [3.05, 3.63) is 88.1 Å². The van der Waals surface area contributed by atoms with Gasteiger partial charge < -0.3 is 4.74 Å². The molecule has 0 bridgehead atoms. The predicted molar refractivity (Wildman–Crippen MR) is 108 cm³/mol. The minimum atomic E-state index is -0.0933. The maximum absolute atomic E-state index is 13.0. The van der Waals surface area contributed by atoms with Crippen LogP contribution in [0.4, 0.5) is 0 Å². The highest BCUT2D eigenvalue weighted by atomic mass is 32.1. The van der Waals surface area contributed by atoms with Gasteiger partial charge in [0, 0.05) is 6.42 Å². The van der Waals surface area contributed by atoms with Crippen LogP contribution >= 0.6 is 11.3 Å². The van der Waals surface area contributed by atoms with Crippen LogP contribution in [-0.4, -0.2) is 23.7 Å². The molecule has 2 aromatic carbocycles. The smallest absolute Gasteiger partial charge is 0.247 e. The summed E-state index contributed by atoms with van der Waals surface area (Å²) in [6.45, 7) is 0. The fourth-order valence-corrected chi connectivity index (χ4v) is 3.99. The fourth-order valence-electron chi connectivity index (χ4n) is 3.27. The Morgan fingerprint density at radius 2 is 1.89 bits per heavy atom. The molecule has 0 N–H and O–H groups in total. The summed E-state index contributed by atoms with van der Waals surface area (Å²) >= 11 is 1.65. The lowest BCUT2D eigenvalue weighted by Crippen LogP contribution is -2.28. The average Bonchev–Trinajstić information content (AvgIpc) is 3.39. The van der Waals surface area contributed by atoms with Crippen molar-refractivity contribution in [2.45, 2.75) is 18.9 Å². The van der Waals surface area contributed by atoms with Crippen LogP contribution in [0, 0.1) is 0 Å². The number of ether oxygens (including phenoxy) is 1. The van der Waals surface area contributed by atoms with Gasteiger partial charge in [-0.1, -0.05) is 48.5 Å². The first-order chi connectivity index (χ1) is 13.2. The van der Waals surface area contributed by atoms with E-state index in [-0.39, 0.29) is 11.9 Å². The van der Waals surface area contributed by atoms with E-state index in [9.17, 15) is 4.79 Å². The SMILES string of the molecule is COc1ccc(C2CC(c3cccs3)=NN2C(=O)Cc2ccccc2)cc1. The molecule has 136 valence electrons. The Morgan fingerprint density at radius 1 is 1.11 bits per heavy atom. The van der Waals surface area contributed by atoms with Crippen LogP contribution in [-0.2, 0) is 11.2 Å². The van der Waals surface area contributed by atoms with Gasteiger partial charge >= 0.3 is 0 Å². The highest BCUT2D eigenvalue weighted by Gasteiger charge is 2.33. The summed E-state index contributed by atoms with van der Waals surface area (Å²) < 4.78 is 5.26. The quantitative estimate of drug-likeness (QED) is 0.649. The van der Waals surface area contributed by atoms with E-state index >= 15 is 0 Å². The van der Waals surface area contributed by atoms with Crippen LogP contribution in [0.25, 0.3) is 0 Å². The largest absolute Gasteiger partial charge is 0.497 e. The van der Waals surface area contributed by atoms with Gasteiger partial charge in [0.2, 0.25) is 5.91 Å². The molecule has 5 heteroatoms. The minimum Gasteiger partial charge on any atom is -0.497 e. The van der Waals surface area contributed by atoms with Crippen molar-refractivity contribution in [2.75, 3.05) is 7.11 Å². The zero-order chi connectivity index (χ0) is 18.6. The lowest BCUT2D eigenvalue weighted by Gasteiger charge is -2.22. The van der Waals surface area contributed by atoms with Gasteiger partial charge in [0.1, 0.15) is 5.75 Å². The summed E-state index contributed by atoms with van der Waals surface area (Å²) in [4.78, 5) is 14.1. The van der Waals surface area contributed by atoms with Gasteiger partial charge in [0.05, 0.1) is 30.2 Å². The van der Waals surface area contributed by atoms with E-state index < -0.39 is 0 Å². The number of hydrazone groups is 1. The summed E-state index contributed by atoms with van der Waals surface area (Å²) in [5, 5.41) is 8.40. The number of nitrogens with zero attached hydrogens (tertiary/aromatic N) is 2. The van der Waals surface area contributed by atoms with Crippen molar-refractivity contribution in [3.8, 4) is 5.75 Å². The topological polar surface area (TPSA) is 41.9 Å². The summed E-state index contributed by atoms with van der Waals surface area (Å²) in [6.07, 6.45) is 1.06. The zero-order valence-electron chi connectivity index (χ0n) is 15.0. The average molecular weight is 376 g/mol. The molecule has 27 heavy (non-hydrogen) atoms. The molecule has 1 aliphatic rings. The van der Waals surface area contributed by atoms with Gasteiger partial charge in [-0.3, -0.25) is 4.79 Å². The van der Waals surface area contributed by atoms with Crippen molar-refractivity contribution < 1.29 is 9.53 Å². The molecule has 1 aromatic heterocycles. The molecule has 4 nitrogen and oxygen atoms in total. The van der Waals surface area contributed by atoms with E-state index in [4.69, 9.17) is 9.84 Å². The molecule has 0 saturated heterocycles. The number of carbonyl (C=O) groups excluding carboxylic acids is 1. The number of rotatable bonds is 5. The predicted octanol–water partition coefficient (Wildman–Crippen LogP) is 4.68. The van der Waals surface area contributed by atoms with Crippen LogP contribution in [0.2, 0.25) is 0 Å². The number of methoxy groups -OCH3 is 1.